The van der Waals surface area contributed by atoms with Gasteiger partial charge in [0.05, 0.1) is 10.6 Å². The van der Waals surface area contributed by atoms with Gasteiger partial charge in [-0.3, -0.25) is 9.10 Å². The van der Waals surface area contributed by atoms with Crippen LogP contribution in [0.1, 0.15) is 10.4 Å². The lowest BCUT2D eigenvalue weighted by molar-refractivity contribution is 0.0958. The summed E-state index contributed by atoms with van der Waals surface area (Å²) in [5.41, 5.74) is 0.940. The predicted molar refractivity (Wildman–Crippen MR) is 91.0 cm³/mol. The Bertz CT molecular complexity index is 784. The zero-order valence-electron chi connectivity index (χ0n) is 12.8. The maximum Gasteiger partial charge on any atom is 0.264 e. The van der Waals surface area contributed by atoms with Crippen LogP contribution in [0.25, 0.3) is 0 Å². The third-order valence-electron chi connectivity index (χ3n) is 3.30. The lowest BCUT2D eigenvalue weighted by Crippen LogP contribution is -2.27. The Morgan fingerprint density at radius 3 is 2.30 bits per heavy atom. The van der Waals surface area contributed by atoms with Crippen molar-refractivity contribution in [3.05, 3.63) is 72.8 Å². The molecule has 1 amide bonds. The molecule has 0 aromatic heterocycles. The summed E-state index contributed by atoms with van der Waals surface area (Å²) in [6.45, 7) is 3.91. The van der Waals surface area contributed by atoms with E-state index in [1.54, 1.807) is 60.7 Å². The molecule has 0 saturated carbocycles. The van der Waals surface area contributed by atoms with E-state index in [-0.39, 0.29) is 10.8 Å². The third kappa shape index (κ3) is 3.78. The molecule has 2 aromatic rings. The summed E-state index contributed by atoms with van der Waals surface area (Å²) in [7, 11) is -2.14. The van der Waals surface area contributed by atoms with E-state index in [1.807, 2.05) is 0 Å². The molecule has 6 heteroatoms. The molecule has 0 aliphatic carbocycles. The summed E-state index contributed by atoms with van der Waals surface area (Å²) in [6, 6.07) is 14.6. The molecule has 0 saturated heterocycles. The second-order valence-electron chi connectivity index (χ2n) is 4.83. The maximum atomic E-state index is 12.5. The number of nitrogens with one attached hydrogen (secondary N) is 1. The molecule has 0 heterocycles. The van der Waals surface area contributed by atoms with Gasteiger partial charge in [-0.15, -0.1) is 6.58 Å². The van der Waals surface area contributed by atoms with Crippen LogP contribution in [0, 0.1) is 0 Å². The molecule has 120 valence electrons. The van der Waals surface area contributed by atoms with E-state index in [2.05, 4.69) is 11.9 Å². The minimum Gasteiger partial charge on any atom is -0.349 e. The van der Waals surface area contributed by atoms with E-state index in [0.29, 0.717) is 17.8 Å². The van der Waals surface area contributed by atoms with E-state index >= 15 is 0 Å². The van der Waals surface area contributed by atoms with Gasteiger partial charge in [-0.2, -0.15) is 0 Å². The number of carbonyl (C=O) groups is 1. The molecule has 0 radical (unpaired) electrons. The molecule has 0 aliphatic rings. The summed E-state index contributed by atoms with van der Waals surface area (Å²) in [5, 5.41) is 2.66. The third-order valence-corrected chi connectivity index (χ3v) is 5.10. The Morgan fingerprint density at radius 2 is 1.74 bits per heavy atom. The average molecular weight is 330 g/mol. The number of sulfonamides is 1. The normalized spacial score (nSPS) is 10.8. The summed E-state index contributed by atoms with van der Waals surface area (Å²) in [6.07, 6.45) is 1.59. The average Bonchev–Trinajstić information content (AvgIpc) is 2.59. The topological polar surface area (TPSA) is 66.5 Å². The highest BCUT2D eigenvalue weighted by Crippen LogP contribution is 2.22. The Balaban J connectivity index is 2.22. The van der Waals surface area contributed by atoms with Crippen molar-refractivity contribution in [2.45, 2.75) is 4.90 Å². The largest absolute Gasteiger partial charge is 0.349 e. The molecule has 0 spiro atoms. The van der Waals surface area contributed by atoms with Crippen LogP contribution in [0.4, 0.5) is 5.69 Å². The van der Waals surface area contributed by atoms with Crippen molar-refractivity contribution in [3.63, 3.8) is 0 Å². The first kappa shape index (κ1) is 16.8. The van der Waals surface area contributed by atoms with Crippen molar-refractivity contribution >= 4 is 21.6 Å². The standard InChI is InChI=1S/C17H18N2O3S/c1-3-13-18-17(20)14-9-11-15(12-10-14)19(2)23(21,22)16-7-5-4-6-8-16/h3-12H,1,13H2,2H3,(H,18,20). The molecule has 2 aromatic carbocycles. The summed E-state index contributed by atoms with van der Waals surface area (Å²) >= 11 is 0. The van der Waals surface area contributed by atoms with E-state index in [0.717, 1.165) is 0 Å². The lowest BCUT2D eigenvalue weighted by Gasteiger charge is -2.19. The Kier molecular flexibility index (Phi) is 5.18. The fourth-order valence-electron chi connectivity index (χ4n) is 1.98. The van der Waals surface area contributed by atoms with Crippen LogP contribution in [0.15, 0.2) is 72.1 Å². The Morgan fingerprint density at radius 1 is 1.13 bits per heavy atom. The van der Waals surface area contributed by atoms with E-state index in [1.165, 1.54) is 11.4 Å². The second-order valence-corrected chi connectivity index (χ2v) is 6.80. The van der Waals surface area contributed by atoms with Crippen LogP contribution in [0.5, 0.6) is 0 Å². The summed E-state index contributed by atoms with van der Waals surface area (Å²) in [4.78, 5) is 12.0. The van der Waals surface area contributed by atoms with Crippen LogP contribution in [-0.4, -0.2) is 27.9 Å². The monoisotopic (exact) mass is 330 g/mol. The number of anilines is 1. The molecule has 0 aliphatic heterocycles. The summed E-state index contributed by atoms with van der Waals surface area (Å²) < 4.78 is 26.2. The maximum absolute atomic E-state index is 12.5. The van der Waals surface area contributed by atoms with Crippen molar-refractivity contribution in [2.75, 3.05) is 17.9 Å². The number of hydrogen-bond acceptors (Lipinski definition) is 3. The van der Waals surface area contributed by atoms with Crippen molar-refractivity contribution in [2.24, 2.45) is 0 Å². The van der Waals surface area contributed by atoms with Gasteiger partial charge in [0, 0.05) is 19.2 Å². The van der Waals surface area contributed by atoms with Gasteiger partial charge in [0.1, 0.15) is 0 Å². The molecule has 23 heavy (non-hydrogen) atoms. The van der Waals surface area contributed by atoms with Crippen LogP contribution < -0.4 is 9.62 Å². The number of rotatable bonds is 6. The highest BCUT2D eigenvalue weighted by molar-refractivity contribution is 7.92. The van der Waals surface area contributed by atoms with Crippen molar-refractivity contribution in [1.29, 1.82) is 0 Å². The van der Waals surface area contributed by atoms with Gasteiger partial charge in [-0.25, -0.2) is 8.42 Å². The first-order valence-corrected chi connectivity index (χ1v) is 8.44. The fraction of sp³-hybridized carbons (Fsp3) is 0.118. The molecule has 5 nitrogen and oxygen atoms in total. The first-order valence-electron chi connectivity index (χ1n) is 7.00. The molecule has 0 unspecified atom stereocenters. The molecule has 0 bridgehead atoms. The number of hydrogen-bond donors (Lipinski definition) is 1. The first-order chi connectivity index (χ1) is 11.0. The minimum atomic E-state index is -3.62. The Hall–Kier alpha value is -2.60. The van der Waals surface area contributed by atoms with Crippen LogP contribution >= 0.6 is 0 Å². The van der Waals surface area contributed by atoms with E-state index in [4.69, 9.17) is 0 Å². The number of carbonyl (C=O) groups excluding carboxylic acids is 1. The number of benzene rings is 2. The number of nitrogens with zero attached hydrogens (tertiary/aromatic N) is 1. The fourth-order valence-corrected chi connectivity index (χ4v) is 3.20. The SMILES string of the molecule is C=CCNC(=O)c1ccc(N(C)S(=O)(=O)c2ccccc2)cc1. The van der Waals surface area contributed by atoms with Crippen LogP contribution in [0.2, 0.25) is 0 Å². The van der Waals surface area contributed by atoms with Gasteiger partial charge >= 0.3 is 0 Å². The van der Waals surface area contributed by atoms with E-state index < -0.39 is 10.0 Å². The highest BCUT2D eigenvalue weighted by Gasteiger charge is 2.20. The van der Waals surface area contributed by atoms with Crippen LogP contribution in [0.3, 0.4) is 0 Å². The quantitative estimate of drug-likeness (QED) is 0.827. The molecular weight excluding hydrogens is 312 g/mol. The predicted octanol–water partition coefficient (Wildman–Crippen LogP) is 2.43. The zero-order chi connectivity index (χ0) is 16.9. The van der Waals surface area contributed by atoms with E-state index in [9.17, 15) is 13.2 Å². The van der Waals surface area contributed by atoms with Gasteiger partial charge in [-0.05, 0) is 36.4 Å². The molecule has 0 fully saturated rings. The zero-order valence-corrected chi connectivity index (χ0v) is 13.6. The van der Waals surface area contributed by atoms with Crippen molar-refractivity contribution in [3.8, 4) is 0 Å². The van der Waals surface area contributed by atoms with Crippen molar-refractivity contribution in [1.82, 2.24) is 5.32 Å². The lowest BCUT2D eigenvalue weighted by atomic mass is 10.2. The second kappa shape index (κ2) is 7.11. The summed E-state index contributed by atoms with van der Waals surface area (Å²) in [5.74, 6) is -0.231. The molecular formula is C17H18N2O3S. The minimum absolute atomic E-state index is 0.218. The Labute approximate surface area is 136 Å². The van der Waals surface area contributed by atoms with Crippen LogP contribution in [-0.2, 0) is 10.0 Å². The van der Waals surface area contributed by atoms with Gasteiger partial charge in [0.2, 0.25) is 0 Å². The molecule has 1 N–H and O–H groups in total. The number of amides is 1. The van der Waals surface area contributed by atoms with Gasteiger partial charge in [0.15, 0.2) is 0 Å². The smallest absolute Gasteiger partial charge is 0.264 e. The van der Waals surface area contributed by atoms with Gasteiger partial charge in [0.25, 0.3) is 15.9 Å². The van der Waals surface area contributed by atoms with Crippen molar-refractivity contribution < 1.29 is 13.2 Å². The highest BCUT2D eigenvalue weighted by atomic mass is 32.2. The molecule has 0 atom stereocenters. The molecule has 2 rings (SSSR count). The van der Waals surface area contributed by atoms with Gasteiger partial charge < -0.3 is 5.32 Å². The van der Waals surface area contributed by atoms with Gasteiger partial charge in [-0.1, -0.05) is 24.3 Å².